The minimum atomic E-state index is -4.46. The first-order valence-electron chi connectivity index (χ1n) is 9.87. The predicted molar refractivity (Wildman–Crippen MR) is 115 cm³/mol. The Morgan fingerprint density at radius 3 is 2.41 bits per heavy atom. The summed E-state index contributed by atoms with van der Waals surface area (Å²) in [4.78, 5) is 32.4. The Morgan fingerprint density at radius 1 is 0.969 bits per heavy atom. The van der Waals surface area contributed by atoms with Crippen LogP contribution in [0.4, 0.5) is 35.2 Å². The highest BCUT2D eigenvalue weighted by molar-refractivity contribution is 6.05. The molecule has 164 valence electrons. The van der Waals surface area contributed by atoms with Gasteiger partial charge in [-0.15, -0.1) is 0 Å². The molecule has 0 unspecified atom stereocenters. The number of urea groups is 1. The lowest BCUT2D eigenvalue weighted by molar-refractivity contribution is -0.137. The van der Waals surface area contributed by atoms with Gasteiger partial charge >= 0.3 is 12.2 Å². The zero-order valence-corrected chi connectivity index (χ0v) is 16.8. The SMILES string of the molecule is O=C(Cc1cccc(C(F)(F)F)c1)Nc1ccc(N2CCN(c3ccccc3)C2=O)nc1. The van der Waals surface area contributed by atoms with Gasteiger partial charge in [0.25, 0.3) is 0 Å². The molecule has 1 N–H and O–H groups in total. The number of carbonyl (C=O) groups is 2. The average Bonchev–Trinajstić information content (AvgIpc) is 3.16. The highest BCUT2D eigenvalue weighted by atomic mass is 19.4. The normalized spacial score (nSPS) is 14.0. The van der Waals surface area contributed by atoms with E-state index in [-0.39, 0.29) is 18.0 Å². The zero-order valence-electron chi connectivity index (χ0n) is 16.8. The molecule has 1 saturated heterocycles. The van der Waals surface area contributed by atoms with Crippen LogP contribution in [-0.4, -0.2) is 30.0 Å². The van der Waals surface area contributed by atoms with E-state index in [0.717, 1.165) is 17.8 Å². The van der Waals surface area contributed by atoms with Crippen LogP contribution in [-0.2, 0) is 17.4 Å². The molecule has 2 aromatic carbocycles. The monoisotopic (exact) mass is 440 g/mol. The summed E-state index contributed by atoms with van der Waals surface area (Å²) in [7, 11) is 0. The molecule has 1 aromatic heterocycles. The molecule has 0 spiro atoms. The van der Waals surface area contributed by atoms with E-state index in [2.05, 4.69) is 10.3 Å². The van der Waals surface area contributed by atoms with Gasteiger partial charge in [0.15, 0.2) is 0 Å². The van der Waals surface area contributed by atoms with Gasteiger partial charge in [-0.3, -0.25) is 14.6 Å². The number of para-hydroxylation sites is 1. The predicted octanol–water partition coefficient (Wildman–Crippen LogP) is 4.73. The van der Waals surface area contributed by atoms with Gasteiger partial charge in [-0.2, -0.15) is 13.2 Å². The Labute approximate surface area is 182 Å². The van der Waals surface area contributed by atoms with E-state index in [9.17, 15) is 22.8 Å². The molecule has 1 aliphatic rings. The standard InChI is InChI=1S/C23H19F3N4O2/c24-23(25,26)17-6-4-5-16(13-17)14-21(31)28-18-9-10-20(27-15-18)30-12-11-29(22(30)32)19-7-2-1-3-8-19/h1-10,13,15H,11-12,14H2,(H,28,31). The van der Waals surface area contributed by atoms with E-state index in [4.69, 9.17) is 0 Å². The Balaban J connectivity index is 1.38. The maximum Gasteiger partial charge on any atom is 0.416 e. The molecule has 4 rings (SSSR count). The van der Waals surface area contributed by atoms with Crippen molar-refractivity contribution in [1.29, 1.82) is 0 Å². The molecule has 1 aliphatic heterocycles. The highest BCUT2D eigenvalue weighted by Crippen LogP contribution is 2.29. The van der Waals surface area contributed by atoms with Crippen molar-refractivity contribution in [2.75, 3.05) is 28.2 Å². The van der Waals surface area contributed by atoms with Crippen LogP contribution in [0.25, 0.3) is 0 Å². The van der Waals surface area contributed by atoms with Crippen molar-refractivity contribution < 1.29 is 22.8 Å². The van der Waals surface area contributed by atoms with Crippen LogP contribution in [0.1, 0.15) is 11.1 Å². The van der Waals surface area contributed by atoms with Crippen molar-refractivity contribution in [2.24, 2.45) is 0 Å². The van der Waals surface area contributed by atoms with Crippen LogP contribution in [0, 0.1) is 0 Å². The maximum atomic E-state index is 12.8. The van der Waals surface area contributed by atoms with Crippen LogP contribution in [0.3, 0.4) is 0 Å². The summed E-state index contributed by atoms with van der Waals surface area (Å²) in [5, 5.41) is 2.62. The molecule has 0 bridgehead atoms. The number of aromatic nitrogens is 1. The minimum absolute atomic E-state index is 0.190. The Bertz CT molecular complexity index is 1120. The molecular formula is C23H19F3N4O2. The van der Waals surface area contributed by atoms with Gasteiger partial charge in [-0.1, -0.05) is 36.4 Å². The van der Waals surface area contributed by atoms with Crippen LogP contribution in [0.5, 0.6) is 0 Å². The van der Waals surface area contributed by atoms with Crippen molar-refractivity contribution in [1.82, 2.24) is 4.98 Å². The first-order chi connectivity index (χ1) is 15.3. The fourth-order valence-electron chi connectivity index (χ4n) is 3.46. The number of benzene rings is 2. The van der Waals surface area contributed by atoms with E-state index in [0.29, 0.717) is 24.6 Å². The fourth-order valence-corrected chi connectivity index (χ4v) is 3.46. The minimum Gasteiger partial charge on any atom is -0.324 e. The van der Waals surface area contributed by atoms with Crippen molar-refractivity contribution in [2.45, 2.75) is 12.6 Å². The average molecular weight is 440 g/mol. The van der Waals surface area contributed by atoms with Gasteiger partial charge in [0.2, 0.25) is 5.91 Å². The molecule has 0 atom stereocenters. The summed E-state index contributed by atoms with van der Waals surface area (Å²) in [6.45, 7) is 1.00. The van der Waals surface area contributed by atoms with Gasteiger partial charge in [0.1, 0.15) is 5.82 Å². The second-order valence-corrected chi connectivity index (χ2v) is 7.25. The Hall–Kier alpha value is -3.88. The van der Waals surface area contributed by atoms with Crippen LogP contribution >= 0.6 is 0 Å². The number of carbonyl (C=O) groups excluding carboxylic acids is 2. The fraction of sp³-hybridized carbons (Fsp3) is 0.174. The van der Waals surface area contributed by atoms with E-state index < -0.39 is 17.6 Å². The Morgan fingerprint density at radius 2 is 1.72 bits per heavy atom. The number of hydrogen-bond acceptors (Lipinski definition) is 3. The van der Waals surface area contributed by atoms with Gasteiger partial charge in [0, 0.05) is 18.8 Å². The summed E-state index contributed by atoms with van der Waals surface area (Å²) < 4.78 is 38.5. The molecular weight excluding hydrogens is 421 g/mol. The van der Waals surface area contributed by atoms with E-state index in [1.54, 1.807) is 21.9 Å². The molecule has 3 aromatic rings. The van der Waals surface area contributed by atoms with Crippen molar-refractivity contribution in [3.63, 3.8) is 0 Å². The molecule has 32 heavy (non-hydrogen) atoms. The first-order valence-corrected chi connectivity index (χ1v) is 9.87. The van der Waals surface area contributed by atoms with Gasteiger partial charge in [0.05, 0.1) is 23.9 Å². The summed E-state index contributed by atoms with van der Waals surface area (Å²) in [6, 6.07) is 17.0. The smallest absolute Gasteiger partial charge is 0.324 e. The van der Waals surface area contributed by atoms with Crippen LogP contribution in [0.2, 0.25) is 0 Å². The van der Waals surface area contributed by atoms with Crippen LogP contribution < -0.4 is 15.1 Å². The lowest BCUT2D eigenvalue weighted by Gasteiger charge is -2.18. The van der Waals surface area contributed by atoms with Crippen molar-refractivity contribution in [3.05, 3.63) is 84.1 Å². The number of halogens is 3. The molecule has 2 heterocycles. The number of amides is 3. The summed E-state index contributed by atoms with van der Waals surface area (Å²) >= 11 is 0. The quantitative estimate of drug-likeness (QED) is 0.624. The number of nitrogens with one attached hydrogen (secondary N) is 1. The molecule has 3 amide bonds. The summed E-state index contributed by atoms with van der Waals surface area (Å²) in [5.41, 5.74) is 0.648. The number of nitrogens with zero attached hydrogens (tertiary/aromatic N) is 3. The molecule has 0 aliphatic carbocycles. The van der Waals surface area contributed by atoms with E-state index in [1.807, 2.05) is 30.3 Å². The first kappa shape index (κ1) is 21.4. The third-order valence-electron chi connectivity index (χ3n) is 5.00. The molecule has 1 fully saturated rings. The van der Waals surface area contributed by atoms with Gasteiger partial charge in [-0.05, 0) is 35.9 Å². The largest absolute Gasteiger partial charge is 0.416 e. The zero-order chi connectivity index (χ0) is 22.7. The van der Waals surface area contributed by atoms with Crippen LogP contribution in [0.15, 0.2) is 72.9 Å². The topological polar surface area (TPSA) is 65.5 Å². The third-order valence-corrected chi connectivity index (χ3v) is 5.00. The van der Waals surface area contributed by atoms with E-state index in [1.165, 1.54) is 18.3 Å². The number of alkyl halides is 3. The lowest BCUT2D eigenvalue weighted by Crippen LogP contribution is -2.32. The van der Waals surface area contributed by atoms with E-state index >= 15 is 0 Å². The molecule has 0 saturated carbocycles. The second kappa shape index (κ2) is 8.70. The highest BCUT2D eigenvalue weighted by Gasteiger charge is 2.31. The number of pyridine rings is 1. The molecule has 9 heteroatoms. The number of hydrogen-bond donors (Lipinski definition) is 1. The van der Waals surface area contributed by atoms with Crippen molar-refractivity contribution in [3.8, 4) is 0 Å². The molecule has 0 radical (unpaired) electrons. The number of rotatable bonds is 5. The second-order valence-electron chi connectivity index (χ2n) is 7.25. The van der Waals surface area contributed by atoms with Crippen molar-refractivity contribution >= 4 is 29.1 Å². The Kier molecular flexibility index (Phi) is 5.81. The lowest BCUT2D eigenvalue weighted by atomic mass is 10.1. The summed E-state index contributed by atoms with van der Waals surface area (Å²) in [5.74, 6) is -0.0179. The van der Waals surface area contributed by atoms with Gasteiger partial charge in [-0.25, -0.2) is 9.78 Å². The number of anilines is 3. The summed E-state index contributed by atoms with van der Waals surface area (Å²) in [6.07, 6.45) is -3.25. The van der Waals surface area contributed by atoms with Gasteiger partial charge < -0.3 is 5.32 Å². The maximum absolute atomic E-state index is 12.8. The third kappa shape index (κ3) is 4.72. The molecule has 6 nitrogen and oxygen atoms in total.